The Kier molecular flexibility index (Phi) is 5.16. The molecule has 0 fully saturated rings. The Morgan fingerprint density at radius 2 is 1.88 bits per heavy atom. The van der Waals surface area contributed by atoms with E-state index in [0.29, 0.717) is 29.5 Å². The standard InChI is InChI=1S/C17H10ClI2NO3/c18-7-15(22)9-1-2-14-10(6-9)11(17(24)21-14)3-8-4-12(19)16(23)13(20)5-8/h1-6,23H,7H2,(H,21,24). The topological polar surface area (TPSA) is 66.4 Å². The fraction of sp³-hybridized carbons (Fsp3) is 0.0588. The van der Waals surface area contributed by atoms with Crippen molar-refractivity contribution in [3.63, 3.8) is 0 Å². The maximum Gasteiger partial charge on any atom is 0.256 e. The van der Waals surface area contributed by atoms with E-state index in [1.54, 1.807) is 36.4 Å². The van der Waals surface area contributed by atoms with Crippen molar-refractivity contribution in [2.45, 2.75) is 0 Å². The van der Waals surface area contributed by atoms with E-state index in [1.165, 1.54) is 0 Å². The van der Waals surface area contributed by atoms with Gasteiger partial charge in [0.2, 0.25) is 0 Å². The molecule has 3 rings (SSSR count). The van der Waals surface area contributed by atoms with Gasteiger partial charge < -0.3 is 10.4 Å². The summed E-state index contributed by atoms with van der Waals surface area (Å²) in [6, 6.07) is 8.63. The van der Waals surface area contributed by atoms with Gasteiger partial charge in [-0.15, -0.1) is 11.6 Å². The van der Waals surface area contributed by atoms with Crippen LogP contribution < -0.4 is 5.32 Å². The lowest BCUT2D eigenvalue weighted by Crippen LogP contribution is -2.03. The highest BCUT2D eigenvalue weighted by molar-refractivity contribution is 14.1. The molecule has 0 aromatic heterocycles. The Balaban J connectivity index is 2.10. The van der Waals surface area contributed by atoms with Gasteiger partial charge in [0, 0.05) is 22.4 Å². The number of hydrogen-bond acceptors (Lipinski definition) is 3. The zero-order chi connectivity index (χ0) is 17.4. The van der Waals surface area contributed by atoms with E-state index in [-0.39, 0.29) is 23.3 Å². The molecule has 2 aromatic rings. The lowest BCUT2D eigenvalue weighted by molar-refractivity contribution is -0.110. The molecule has 24 heavy (non-hydrogen) atoms. The number of phenols is 1. The first kappa shape index (κ1) is 17.7. The van der Waals surface area contributed by atoms with Gasteiger partial charge in [-0.2, -0.15) is 0 Å². The predicted octanol–water partition coefficient (Wildman–Crippen LogP) is 4.52. The molecule has 7 heteroatoms. The summed E-state index contributed by atoms with van der Waals surface area (Å²) < 4.78 is 1.41. The summed E-state index contributed by atoms with van der Waals surface area (Å²) in [4.78, 5) is 24.1. The van der Waals surface area contributed by atoms with Gasteiger partial charge in [0.15, 0.2) is 5.78 Å². The van der Waals surface area contributed by atoms with E-state index in [9.17, 15) is 14.7 Å². The molecule has 4 nitrogen and oxygen atoms in total. The van der Waals surface area contributed by atoms with Gasteiger partial charge in [-0.3, -0.25) is 9.59 Å². The van der Waals surface area contributed by atoms with Crippen LogP contribution >= 0.6 is 56.8 Å². The van der Waals surface area contributed by atoms with Gasteiger partial charge in [-0.25, -0.2) is 0 Å². The smallest absolute Gasteiger partial charge is 0.256 e. The zero-order valence-corrected chi connectivity index (χ0v) is 17.1. The number of alkyl halides is 1. The van der Waals surface area contributed by atoms with E-state index >= 15 is 0 Å². The van der Waals surface area contributed by atoms with Crippen molar-refractivity contribution >= 4 is 85.8 Å². The van der Waals surface area contributed by atoms with Crippen LogP contribution in [0.4, 0.5) is 5.69 Å². The predicted molar refractivity (Wildman–Crippen MR) is 112 cm³/mol. The highest BCUT2D eigenvalue weighted by atomic mass is 127. The molecule has 0 spiro atoms. The summed E-state index contributed by atoms with van der Waals surface area (Å²) >= 11 is 9.69. The first-order valence-electron chi connectivity index (χ1n) is 6.85. The van der Waals surface area contributed by atoms with E-state index in [4.69, 9.17) is 11.6 Å². The van der Waals surface area contributed by atoms with Gasteiger partial charge in [-0.05, 0) is 87.2 Å². The second-order valence-electron chi connectivity index (χ2n) is 5.16. The molecule has 0 bridgehead atoms. The number of carbonyl (C=O) groups excluding carboxylic acids is 2. The summed E-state index contributed by atoms with van der Waals surface area (Å²) in [7, 11) is 0. The first-order valence-corrected chi connectivity index (χ1v) is 9.54. The summed E-state index contributed by atoms with van der Waals surface area (Å²) in [5.74, 6) is -0.289. The Morgan fingerprint density at radius 3 is 2.50 bits per heavy atom. The highest BCUT2D eigenvalue weighted by Crippen LogP contribution is 2.35. The molecule has 1 heterocycles. The fourth-order valence-electron chi connectivity index (χ4n) is 2.42. The molecule has 2 N–H and O–H groups in total. The Hall–Kier alpha value is -1.13. The maximum atomic E-state index is 12.3. The SMILES string of the molecule is O=C1Nc2ccc(C(=O)CCl)cc2C1=Cc1cc(I)c(O)c(I)c1. The minimum atomic E-state index is -0.224. The number of amides is 1. The number of fused-ring (bicyclic) bond motifs is 1. The maximum absolute atomic E-state index is 12.3. The summed E-state index contributed by atoms with van der Waals surface area (Å²) in [6.07, 6.45) is 1.75. The number of halogens is 3. The van der Waals surface area contributed by atoms with E-state index in [1.807, 2.05) is 45.2 Å². The normalized spacial score (nSPS) is 14.6. The average molecular weight is 566 g/mol. The molecule has 0 aliphatic carbocycles. The van der Waals surface area contributed by atoms with E-state index in [2.05, 4.69) is 5.32 Å². The number of aromatic hydroxyl groups is 1. The number of benzene rings is 2. The third-order valence-corrected chi connectivity index (χ3v) is 5.48. The van der Waals surface area contributed by atoms with Crippen LogP contribution in [-0.4, -0.2) is 22.7 Å². The summed E-state index contributed by atoms with van der Waals surface area (Å²) in [6.45, 7) is 0. The molecule has 0 unspecified atom stereocenters. The van der Waals surface area contributed by atoms with Gasteiger partial charge >= 0.3 is 0 Å². The quantitative estimate of drug-likeness (QED) is 0.249. The van der Waals surface area contributed by atoms with Crippen molar-refractivity contribution in [2.24, 2.45) is 0 Å². The molecule has 1 aliphatic heterocycles. The van der Waals surface area contributed by atoms with Crippen LogP contribution in [0.25, 0.3) is 11.6 Å². The van der Waals surface area contributed by atoms with Crippen molar-refractivity contribution in [1.29, 1.82) is 0 Å². The van der Waals surface area contributed by atoms with Gasteiger partial charge in [0.25, 0.3) is 5.91 Å². The molecule has 122 valence electrons. The fourth-order valence-corrected chi connectivity index (χ4v) is 4.39. The third kappa shape index (κ3) is 3.31. The highest BCUT2D eigenvalue weighted by Gasteiger charge is 2.25. The van der Waals surface area contributed by atoms with E-state index in [0.717, 1.165) is 5.56 Å². The van der Waals surface area contributed by atoms with Crippen LogP contribution in [0, 0.1) is 7.14 Å². The molecule has 1 aliphatic rings. The Labute approximate surface area is 170 Å². The van der Waals surface area contributed by atoms with Crippen LogP contribution in [0.1, 0.15) is 21.5 Å². The number of nitrogens with one attached hydrogen (secondary N) is 1. The van der Waals surface area contributed by atoms with Crippen LogP contribution in [0.5, 0.6) is 5.75 Å². The lowest BCUT2D eigenvalue weighted by Gasteiger charge is -2.05. The lowest BCUT2D eigenvalue weighted by atomic mass is 10.0. The van der Waals surface area contributed by atoms with Gasteiger partial charge in [0.05, 0.1) is 13.0 Å². The van der Waals surface area contributed by atoms with Crippen molar-refractivity contribution in [3.05, 3.63) is 54.2 Å². The van der Waals surface area contributed by atoms with Crippen LogP contribution in [0.15, 0.2) is 30.3 Å². The number of anilines is 1. The molecule has 1 amide bonds. The van der Waals surface area contributed by atoms with Crippen molar-refractivity contribution in [1.82, 2.24) is 0 Å². The third-order valence-electron chi connectivity index (χ3n) is 3.60. The average Bonchev–Trinajstić information content (AvgIpc) is 2.87. The number of ketones is 1. The first-order chi connectivity index (χ1) is 11.4. The number of phenolic OH excluding ortho intramolecular Hbond substituents is 1. The Bertz CT molecular complexity index is 886. The number of Topliss-reactive ketones (excluding diaryl/α,β-unsaturated/α-hetero) is 1. The van der Waals surface area contributed by atoms with Crippen LogP contribution in [0.2, 0.25) is 0 Å². The molecular weight excluding hydrogens is 555 g/mol. The molecule has 0 saturated carbocycles. The minimum absolute atomic E-state index is 0.104. The van der Waals surface area contributed by atoms with Gasteiger partial charge in [0.1, 0.15) is 5.75 Å². The monoisotopic (exact) mass is 565 g/mol. The zero-order valence-electron chi connectivity index (χ0n) is 12.1. The van der Waals surface area contributed by atoms with Crippen molar-refractivity contribution in [3.8, 4) is 5.75 Å². The van der Waals surface area contributed by atoms with Crippen molar-refractivity contribution < 1.29 is 14.7 Å². The summed E-state index contributed by atoms with van der Waals surface area (Å²) in [5.41, 5.74) is 3.09. The number of carbonyl (C=O) groups is 2. The molecule has 0 atom stereocenters. The van der Waals surface area contributed by atoms with E-state index < -0.39 is 0 Å². The molecular formula is C17H10ClI2NO3. The molecule has 2 aromatic carbocycles. The van der Waals surface area contributed by atoms with Crippen molar-refractivity contribution in [2.75, 3.05) is 11.2 Å². The molecule has 0 radical (unpaired) electrons. The van der Waals surface area contributed by atoms with Crippen LogP contribution in [0.3, 0.4) is 0 Å². The second-order valence-corrected chi connectivity index (χ2v) is 7.75. The van der Waals surface area contributed by atoms with Gasteiger partial charge in [-0.1, -0.05) is 0 Å². The molecule has 0 saturated heterocycles. The number of rotatable bonds is 3. The Morgan fingerprint density at radius 1 is 1.21 bits per heavy atom. The van der Waals surface area contributed by atoms with Crippen LogP contribution in [-0.2, 0) is 4.79 Å². The largest absolute Gasteiger partial charge is 0.506 e. The minimum Gasteiger partial charge on any atom is -0.506 e. The second kappa shape index (κ2) is 7.01. The number of hydrogen-bond donors (Lipinski definition) is 2. The summed E-state index contributed by atoms with van der Waals surface area (Å²) in [5, 5.41) is 12.6.